The van der Waals surface area contributed by atoms with Gasteiger partial charge in [0.2, 0.25) is 5.89 Å². The topological polar surface area (TPSA) is 81.6 Å². The summed E-state index contributed by atoms with van der Waals surface area (Å²) in [6, 6.07) is 3.92. The van der Waals surface area contributed by atoms with Gasteiger partial charge in [-0.25, -0.2) is 0 Å². The van der Waals surface area contributed by atoms with Crippen molar-refractivity contribution in [2.24, 2.45) is 0 Å². The smallest absolute Gasteiger partial charge is 0.320 e. The molecule has 7 heteroatoms. The van der Waals surface area contributed by atoms with Crippen molar-refractivity contribution in [3.8, 4) is 11.7 Å². The van der Waals surface area contributed by atoms with Crippen LogP contribution in [0.2, 0.25) is 0 Å². The third-order valence-corrected chi connectivity index (χ3v) is 3.24. The summed E-state index contributed by atoms with van der Waals surface area (Å²) in [4.78, 5) is 13.6. The van der Waals surface area contributed by atoms with Gasteiger partial charge >= 0.3 is 5.97 Å². The van der Waals surface area contributed by atoms with Gasteiger partial charge in [0.1, 0.15) is 0 Å². The average Bonchev–Trinajstić information content (AvgIpc) is 2.98. The highest BCUT2D eigenvalue weighted by atomic mass is 16.5. The van der Waals surface area contributed by atoms with E-state index in [4.69, 9.17) is 13.6 Å². The molecule has 3 rings (SSSR count). The lowest BCUT2D eigenvalue weighted by Gasteiger charge is -2.18. The number of rotatable bonds is 7. The largest absolute Gasteiger partial charge is 0.465 e. The van der Waals surface area contributed by atoms with E-state index in [1.54, 1.807) is 25.3 Å². The molecule has 0 unspecified atom stereocenters. The van der Waals surface area contributed by atoms with E-state index in [2.05, 4.69) is 10.2 Å². The van der Waals surface area contributed by atoms with Crippen molar-refractivity contribution in [2.45, 2.75) is 32.4 Å². The van der Waals surface area contributed by atoms with E-state index in [0.717, 1.165) is 12.8 Å². The molecule has 21 heavy (non-hydrogen) atoms. The van der Waals surface area contributed by atoms with Crippen LogP contribution in [0.25, 0.3) is 11.7 Å². The fourth-order valence-electron chi connectivity index (χ4n) is 2.12. The molecule has 0 spiro atoms. The van der Waals surface area contributed by atoms with E-state index in [1.807, 2.05) is 4.90 Å². The zero-order valence-corrected chi connectivity index (χ0v) is 11.8. The third-order valence-electron chi connectivity index (χ3n) is 3.24. The van der Waals surface area contributed by atoms with E-state index in [0.29, 0.717) is 36.7 Å². The average molecular weight is 291 g/mol. The Labute approximate surface area is 121 Å². The summed E-state index contributed by atoms with van der Waals surface area (Å²) in [5, 5.41) is 7.96. The standard InChI is InChI=1S/C14H17N3O4/c1-2-19-13(18)9-17(10-5-6-10)8-12-15-16-14(21-12)11-4-3-7-20-11/h3-4,7,10H,2,5-6,8-9H2,1H3. The fraction of sp³-hybridized carbons (Fsp3) is 0.500. The summed E-state index contributed by atoms with van der Waals surface area (Å²) >= 11 is 0. The summed E-state index contributed by atoms with van der Waals surface area (Å²) < 4.78 is 15.8. The van der Waals surface area contributed by atoms with Crippen LogP contribution in [0.5, 0.6) is 0 Å². The maximum atomic E-state index is 11.6. The molecule has 0 N–H and O–H groups in total. The molecule has 0 amide bonds. The minimum Gasteiger partial charge on any atom is -0.465 e. The number of aromatic nitrogens is 2. The first-order valence-corrected chi connectivity index (χ1v) is 7.02. The highest BCUT2D eigenvalue weighted by molar-refractivity contribution is 5.71. The van der Waals surface area contributed by atoms with Crippen molar-refractivity contribution in [3.05, 3.63) is 24.3 Å². The van der Waals surface area contributed by atoms with Crippen molar-refractivity contribution in [2.75, 3.05) is 13.2 Å². The normalized spacial score (nSPS) is 14.6. The predicted octanol–water partition coefficient (Wildman–Crippen LogP) is 1.86. The maximum Gasteiger partial charge on any atom is 0.320 e. The zero-order chi connectivity index (χ0) is 14.7. The van der Waals surface area contributed by atoms with Crippen LogP contribution in [0.3, 0.4) is 0 Å². The van der Waals surface area contributed by atoms with Gasteiger partial charge in [0.25, 0.3) is 5.89 Å². The number of esters is 1. The lowest BCUT2D eigenvalue weighted by molar-refractivity contribution is -0.144. The van der Waals surface area contributed by atoms with Gasteiger partial charge < -0.3 is 13.6 Å². The van der Waals surface area contributed by atoms with Gasteiger partial charge in [-0.05, 0) is 31.9 Å². The number of hydrogen-bond donors (Lipinski definition) is 0. The van der Waals surface area contributed by atoms with Gasteiger partial charge in [0.15, 0.2) is 5.76 Å². The minimum atomic E-state index is -0.227. The van der Waals surface area contributed by atoms with Crippen LogP contribution in [-0.2, 0) is 16.1 Å². The monoisotopic (exact) mass is 291 g/mol. The van der Waals surface area contributed by atoms with Gasteiger partial charge in [0, 0.05) is 6.04 Å². The van der Waals surface area contributed by atoms with E-state index in [9.17, 15) is 4.79 Å². The molecule has 0 aliphatic heterocycles. The summed E-state index contributed by atoms with van der Waals surface area (Å²) in [6.45, 7) is 2.88. The van der Waals surface area contributed by atoms with Crippen LogP contribution >= 0.6 is 0 Å². The first-order valence-electron chi connectivity index (χ1n) is 7.02. The third kappa shape index (κ3) is 3.49. The van der Waals surface area contributed by atoms with Crippen molar-refractivity contribution in [3.63, 3.8) is 0 Å². The van der Waals surface area contributed by atoms with Crippen molar-refractivity contribution >= 4 is 5.97 Å². The number of nitrogens with zero attached hydrogens (tertiary/aromatic N) is 3. The van der Waals surface area contributed by atoms with Crippen LogP contribution in [0.15, 0.2) is 27.2 Å². The van der Waals surface area contributed by atoms with Crippen LogP contribution in [0.4, 0.5) is 0 Å². The number of carbonyl (C=O) groups excluding carboxylic acids is 1. The Morgan fingerprint density at radius 3 is 3.00 bits per heavy atom. The van der Waals surface area contributed by atoms with Crippen LogP contribution in [0.1, 0.15) is 25.7 Å². The summed E-state index contributed by atoms with van der Waals surface area (Å²) in [7, 11) is 0. The number of ether oxygens (including phenoxy) is 1. The Balaban J connectivity index is 1.64. The Morgan fingerprint density at radius 1 is 1.48 bits per heavy atom. The molecule has 1 fully saturated rings. The van der Waals surface area contributed by atoms with Gasteiger partial charge in [-0.15, -0.1) is 10.2 Å². The van der Waals surface area contributed by atoms with Crippen molar-refractivity contribution in [1.29, 1.82) is 0 Å². The summed E-state index contributed by atoms with van der Waals surface area (Å²) in [6.07, 6.45) is 3.72. The van der Waals surface area contributed by atoms with Crippen LogP contribution in [-0.4, -0.2) is 40.3 Å². The molecule has 0 atom stereocenters. The van der Waals surface area contributed by atoms with E-state index in [1.165, 1.54) is 0 Å². The van der Waals surface area contributed by atoms with Gasteiger partial charge in [-0.3, -0.25) is 9.69 Å². The highest BCUT2D eigenvalue weighted by Gasteiger charge is 2.32. The highest BCUT2D eigenvalue weighted by Crippen LogP contribution is 2.28. The molecule has 2 aromatic rings. The molecule has 0 radical (unpaired) electrons. The van der Waals surface area contributed by atoms with E-state index in [-0.39, 0.29) is 12.5 Å². The molecule has 0 bridgehead atoms. The Morgan fingerprint density at radius 2 is 2.33 bits per heavy atom. The predicted molar refractivity (Wildman–Crippen MR) is 72.1 cm³/mol. The van der Waals surface area contributed by atoms with Crippen molar-refractivity contribution < 1.29 is 18.4 Å². The van der Waals surface area contributed by atoms with Crippen LogP contribution in [0, 0.1) is 0 Å². The van der Waals surface area contributed by atoms with Gasteiger partial charge in [-0.2, -0.15) is 0 Å². The Hall–Kier alpha value is -2.15. The van der Waals surface area contributed by atoms with Crippen molar-refractivity contribution in [1.82, 2.24) is 15.1 Å². The lowest BCUT2D eigenvalue weighted by atomic mass is 10.4. The molecule has 1 aliphatic rings. The molecule has 7 nitrogen and oxygen atoms in total. The van der Waals surface area contributed by atoms with E-state index < -0.39 is 0 Å². The number of hydrogen-bond acceptors (Lipinski definition) is 7. The molecule has 0 saturated heterocycles. The Kier molecular flexibility index (Phi) is 4.01. The SMILES string of the molecule is CCOC(=O)CN(Cc1nnc(-c2ccco2)o1)C1CC1. The number of carbonyl (C=O) groups is 1. The molecular formula is C14H17N3O4. The first-order chi connectivity index (χ1) is 10.3. The minimum absolute atomic E-state index is 0.227. The first kappa shape index (κ1) is 13.8. The Bertz CT molecular complexity index is 589. The molecule has 1 aliphatic carbocycles. The second-order valence-electron chi connectivity index (χ2n) is 4.92. The molecule has 1 saturated carbocycles. The van der Waals surface area contributed by atoms with Gasteiger partial charge in [-0.1, -0.05) is 0 Å². The fourth-order valence-corrected chi connectivity index (χ4v) is 2.12. The second-order valence-corrected chi connectivity index (χ2v) is 4.92. The molecule has 2 aromatic heterocycles. The summed E-state index contributed by atoms with van der Waals surface area (Å²) in [5.74, 6) is 1.13. The lowest BCUT2D eigenvalue weighted by Crippen LogP contribution is -2.32. The number of furan rings is 1. The molecule has 0 aromatic carbocycles. The zero-order valence-electron chi connectivity index (χ0n) is 11.8. The quantitative estimate of drug-likeness (QED) is 0.720. The maximum absolute atomic E-state index is 11.6. The second kappa shape index (κ2) is 6.09. The molecule has 112 valence electrons. The molecular weight excluding hydrogens is 274 g/mol. The van der Waals surface area contributed by atoms with E-state index >= 15 is 0 Å². The van der Waals surface area contributed by atoms with Crippen LogP contribution < -0.4 is 0 Å². The van der Waals surface area contributed by atoms with Gasteiger partial charge in [0.05, 0.1) is 26.0 Å². The summed E-state index contributed by atoms with van der Waals surface area (Å²) in [5.41, 5.74) is 0. The molecule has 2 heterocycles.